The molecule has 0 unspecified atom stereocenters. The Morgan fingerprint density at radius 2 is 2.00 bits per heavy atom. The first-order valence-electron chi connectivity index (χ1n) is 10.1. The van der Waals surface area contributed by atoms with E-state index in [2.05, 4.69) is 9.82 Å². The molecule has 1 aliphatic rings. The minimum absolute atomic E-state index is 0.184. The Bertz CT molecular complexity index is 1250. The van der Waals surface area contributed by atoms with Crippen molar-refractivity contribution in [3.8, 4) is 5.75 Å². The van der Waals surface area contributed by atoms with E-state index in [9.17, 15) is 13.2 Å². The normalized spacial score (nSPS) is 16.0. The Balaban J connectivity index is 1.74. The number of hydrogen-bond donors (Lipinski definition) is 1. The molecule has 0 bridgehead atoms. The van der Waals surface area contributed by atoms with Crippen molar-refractivity contribution in [2.45, 2.75) is 19.4 Å². The summed E-state index contributed by atoms with van der Waals surface area (Å²) in [7, 11) is -3.41. The van der Waals surface area contributed by atoms with E-state index in [4.69, 9.17) is 4.74 Å². The monoisotopic (exact) mass is 469 g/mol. The van der Waals surface area contributed by atoms with Gasteiger partial charge in [-0.3, -0.25) is 9.52 Å². The van der Waals surface area contributed by atoms with E-state index in [0.717, 1.165) is 17.4 Å². The van der Waals surface area contributed by atoms with Crippen LogP contribution in [0.4, 0.5) is 5.69 Å². The second-order valence-electron chi connectivity index (χ2n) is 7.32. The first-order chi connectivity index (χ1) is 15.4. The Morgan fingerprint density at radius 3 is 2.72 bits per heavy atom. The van der Waals surface area contributed by atoms with Gasteiger partial charge in [0.25, 0.3) is 5.91 Å². The summed E-state index contributed by atoms with van der Waals surface area (Å²) in [5.41, 5.74) is 2.77. The Hall–Kier alpha value is -3.17. The highest BCUT2D eigenvalue weighted by molar-refractivity contribution is 7.92. The van der Waals surface area contributed by atoms with E-state index in [1.165, 1.54) is 16.3 Å². The molecular formula is C23H23N3O4S2. The van der Waals surface area contributed by atoms with E-state index in [0.29, 0.717) is 35.1 Å². The maximum atomic E-state index is 13.3. The second kappa shape index (κ2) is 9.13. The second-order valence-corrected chi connectivity index (χ2v) is 10.0. The lowest BCUT2D eigenvalue weighted by Crippen LogP contribution is -2.26. The fourth-order valence-electron chi connectivity index (χ4n) is 3.65. The van der Waals surface area contributed by atoms with Gasteiger partial charge in [0.15, 0.2) is 0 Å². The minimum atomic E-state index is -3.41. The zero-order chi connectivity index (χ0) is 22.7. The summed E-state index contributed by atoms with van der Waals surface area (Å²) in [5, 5.41) is 8.05. The number of carbonyl (C=O) groups is 1. The van der Waals surface area contributed by atoms with Crippen LogP contribution in [0.5, 0.6) is 5.75 Å². The summed E-state index contributed by atoms with van der Waals surface area (Å²) in [6.45, 7) is 2.43. The van der Waals surface area contributed by atoms with Gasteiger partial charge in [-0.25, -0.2) is 13.4 Å². The lowest BCUT2D eigenvalue weighted by atomic mass is 9.97. The number of anilines is 1. The average Bonchev–Trinajstić information content (AvgIpc) is 3.43. The van der Waals surface area contributed by atoms with Crippen LogP contribution in [0.3, 0.4) is 0 Å². The fourth-order valence-corrected chi connectivity index (χ4v) is 4.86. The molecule has 1 atom stereocenters. The third kappa shape index (κ3) is 4.84. The van der Waals surface area contributed by atoms with Crippen LogP contribution in [0.15, 0.2) is 71.1 Å². The number of nitrogens with zero attached hydrogens (tertiary/aromatic N) is 2. The number of para-hydroxylation sites is 1. The summed E-state index contributed by atoms with van der Waals surface area (Å²) < 4.78 is 31.6. The predicted molar refractivity (Wildman–Crippen MR) is 127 cm³/mol. The van der Waals surface area contributed by atoms with Gasteiger partial charge in [-0.2, -0.15) is 5.10 Å². The molecule has 7 nitrogen and oxygen atoms in total. The molecule has 1 aliphatic heterocycles. The van der Waals surface area contributed by atoms with Gasteiger partial charge in [-0.05, 0) is 42.1 Å². The van der Waals surface area contributed by atoms with E-state index in [-0.39, 0.29) is 11.9 Å². The molecule has 4 rings (SSSR count). The molecule has 1 aromatic heterocycles. The van der Waals surface area contributed by atoms with Crippen LogP contribution in [0.25, 0.3) is 0 Å². The quantitative estimate of drug-likeness (QED) is 0.551. The van der Waals surface area contributed by atoms with E-state index in [1.807, 2.05) is 48.7 Å². The first-order valence-corrected chi connectivity index (χ1v) is 12.9. The number of sulfonamides is 1. The highest BCUT2D eigenvalue weighted by atomic mass is 32.2. The number of ether oxygens (including phenoxy) is 1. The van der Waals surface area contributed by atoms with Crippen LogP contribution in [-0.2, 0) is 10.0 Å². The lowest BCUT2D eigenvalue weighted by Gasteiger charge is -2.23. The highest BCUT2D eigenvalue weighted by Gasteiger charge is 2.35. The number of amides is 1. The molecule has 32 heavy (non-hydrogen) atoms. The van der Waals surface area contributed by atoms with Crippen molar-refractivity contribution in [3.05, 3.63) is 82.0 Å². The number of benzene rings is 2. The topological polar surface area (TPSA) is 88.1 Å². The van der Waals surface area contributed by atoms with Crippen LogP contribution in [0.1, 0.15) is 40.2 Å². The van der Waals surface area contributed by atoms with Gasteiger partial charge in [-0.1, -0.05) is 36.4 Å². The standard InChI is InChI=1S/C23H23N3O4S2/c1-3-30-21-11-5-4-10-18(21)20-15-19(24-26(20)23(27)22-12-7-13-31-22)16-8-6-9-17(14-16)25-32(2,28)29/h4-14,20,25H,3,15H2,1-2H3/t20-/m0/s1. The lowest BCUT2D eigenvalue weighted by molar-refractivity contribution is 0.0714. The van der Waals surface area contributed by atoms with Crippen LogP contribution in [0.2, 0.25) is 0 Å². The summed E-state index contributed by atoms with van der Waals surface area (Å²) in [4.78, 5) is 13.9. The van der Waals surface area contributed by atoms with Crippen molar-refractivity contribution in [2.75, 3.05) is 17.6 Å². The molecular weight excluding hydrogens is 446 g/mol. The van der Waals surface area contributed by atoms with Gasteiger partial charge in [-0.15, -0.1) is 11.3 Å². The maximum Gasteiger partial charge on any atom is 0.284 e. The zero-order valence-corrected chi connectivity index (χ0v) is 19.3. The summed E-state index contributed by atoms with van der Waals surface area (Å²) in [5.74, 6) is 0.532. The molecule has 0 saturated heterocycles. The van der Waals surface area contributed by atoms with Crippen LogP contribution >= 0.6 is 11.3 Å². The molecule has 0 fully saturated rings. The third-order valence-corrected chi connectivity index (χ3v) is 6.39. The third-order valence-electron chi connectivity index (χ3n) is 4.93. The van der Waals surface area contributed by atoms with E-state index >= 15 is 0 Å². The molecule has 0 radical (unpaired) electrons. The summed E-state index contributed by atoms with van der Waals surface area (Å²) >= 11 is 1.37. The smallest absolute Gasteiger partial charge is 0.284 e. The predicted octanol–water partition coefficient (Wildman–Crippen LogP) is 4.51. The largest absolute Gasteiger partial charge is 0.494 e. The number of carbonyl (C=O) groups excluding carboxylic acids is 1. The molecule has 166 valence electrons. The van der Waals surface area contributed by atoms with Gasteiger partial charge in [0.05, 0.1) is 29.5 Å². The molecule has 1 amide bonds. The molecule has 2 aromatic carbocycles. The van der Waals surface area contributed by atoms with E-state index in [1.54, 1.807) is 24.3 Å². The Morgan fingerprint density at radius 1 is 1.19 bits per heavy atom. The molecule has 1 N–H and O–H groups in total. The summed E-state index contributed by atoms with van der Waals surface area (Å²) in [6.07, 6.45) is 1.58. The molecule has 0 spiro atoms. The van der Waals surface area contributed by atoms with Gasteiger partial charge in [0.2, 0.25) is 10.0 Å². The maximum absolute atomic E-state index is 13.3. The van der Waals surface area contributed by atoms with Crippen molar-refractivity contribution in [2.24, 2.45) is 5.10 Å². The van der Waals surface area contributed by atoms with E-state index < -0.39 is 10.0 Å². The summed E-state index contributed by atoms with van der Waals surface area (Å²) in [6, 6.07) is 18.0. The van der Waals surface area contributed by atoms with Gasteiger partial charge >= 0.3 is 0 Å². The number of rotatable bonds is 7. The first kappa shape index (κ1) is 22.0. The van der Waals surface area contributed by atoms with Gasteiger partial charge < -0.3 is 4.74 Å². The van der Waals surface area contributed by atoms with Crippen molar-refractivity contribution in [3.63, 3.8) is 0 Å². The average molecular weight is 470 g/mol. The molecule has 0 aliphatic carbocycles. The number of hydrazone groups is 1. The SMILES string of the molecule is CCOc1ccccc1[C@@H]1CC(c2cccc(NS(C)(=O)=O)c2)=NN1C(=O)c1cccs1. The fraction of sp³-hybridized carbons (Fsp3) is 0.217. The van der Waals surface area contributed by atoms with Crippen molar-refractivity contribution >= 4 is 38.7 Å². The molecule has 0 saturated carbocycles. The van der Waals surface area contributed by atoms with Crippen LogP contribution < -0.4 is 9.46 Å². The number of thiophene rings is 1. The molecule has 9 heteroatoms. The molecule has 3 aromatic rings. The van der Waals surface area contributed by atoms with Gasteiger partial charge in [0, 0.05) is 17.7 Å². The van der Waals surface area contributed by atoms with Crippen molar-refractivity contribution in [1.82, 2.24) is 5.01 Å². The number of hydrogen-bond acceptors (Lipinski definition) is 6. The van der Waals surface area contributed by atoms with Gasteiger partial charge in [0.1, 0.15) is 5.75 Å². The zero-order valence-electron chi connectivity index (χ0n) is 17.7. The minimum Gasteiger partial charge on any atom is -0.494 e. The highest BCUT2D eigenvalue weighted by Crippen LogP contribution is 2.39. The Labute approximate surface area is 191 Å². The number of nitrogens with one attached hydrogen (secondary N) is 1. The van der Waals surface area contributed by atoms with Crippen molar-refractivity contribution < 1.29 is 17.9 Å². The Kier molecular flexibility index (Phi) is 6.29. The van der Waals surface area contributed by atoms with Crippen LogP contribution in [-0.4, -0.2) is 37.9 Å². The molecule has 2 heterocycles. The van der Waals surface area contributed by atoms with Crippen molar-refractivity contribution in [1.29, 1.82) is 0 Å². The van der Waals surface area contributed by atoms with Crippen LogP contribution in [0, 0.1) is 0 Å².